The van der Waals surface area contributed by atoms with E-state index in [1.54, 1.807) is 7.11 Å². The second kappa shape index (κ2) is 5.82. The molecule has 0 heterocycles. The minimum absolute atomic E-state index is 0.138. The van der Waals surface area contributed by atoms with Crippen molar-refractivity contribution in [3.05, 3.63) is 28.8 Å². The Morgan fingerprint density at radius 2 is 1.82 bits per heavy atom. The second-order valence-electron chi connectivity index (χ2n) is 4.61. The third-order valence-electron chi connectivity index (χ3n) is 2.90. The molecule has 0 aliphatic carbocycles. The number of ether oxygens (including phenoxy) is 1. The van der Waals surface area contributed by atoms with E-state index in [-0.39, 0.29) is 5.78 Å². The van der Waals surface area contributed by atoms with Gasteiger partial charge in [0.05, 0.1) is 12.7 Å². The minimum atomic E-state index is 0.138. The highest BCUT2D eigenvalue weighted by atomic mass is 16.5. The van der Waals surface area contributed by atoms with Gasteiger partial charge in [0.15, 0.2) is 5.78 Å². The molecule has 1 aromatic carbocycles. The molecule has 1 rings (SSSR count). The molecule has 1 aromatic rings. The standard InChI is InChI=1S/C14H21NO2/c1-10-8-12(13(16)6-7-15(3)4)14(17-5)9-11(10)2/h8-9H,6-7H2,1-5H3. The van der Waals surface area contributed by atoms with Gasteiger partial charge >= 0.3 is 0 Å². The summed E-state index contributed by atoms with van der Waals surface area (Å²) in [5.74, 6) is 0.815. The lowest BCUT2D eigenvalue weighted by Gasteiger charge is -2.12. The monoisotopic (exact) mass is 235 g/mol. The third kappa shape index (κ3) is 3.56. The number of methoxy groups -OCH3 is 1. The fourth-order valence-electron chi connectivity index (χ4n) is 1.64. The Labute approximate surface area is 103 Å². The van der Waals surface area contributed by atoms with Gasteiger partial charge in [-0.1, -0.05) is 0 Å². The van der Waals surface area contributed by atoms with Crippen molar-refractivity contribution in [2.24, 2.45) is 0 Å². The smallest absolute Gasteiger partial charge is 0.167 e. The van der Waals surface area contributed by atoms with Gasteiger partial charge in [-0.15, -0.1) is 0 Å². The summed E-state index contributed by atoms with van der Waals surface area (Å²) < 4.78 is 5.27. The van der Waals surface area contributed by atoms with Gasteiger partial charge in [-0.3, -0.25) is 4.79 Å². The molecule has 0 aliphatic rings. The number of carbonyl (C=O) groups excluding carboxylic acids is 1. The maximum Gasteiger partial charge on any atom is 0.167 e. The predicted molar refractivity (Wildman–Crippen MR) is 70.0 cm³/mol. The summed E-state index contributed by atoms with van der Waals surface area (Å²) in [5, 5.41) is 0. The first-order chi connectivity index (χ1) is 7.95. The zero-order valence-corrected chi connectivity index (χ0v) is 11.3. The molecule has 17 heavy (non-hydrogen) atoms. The Bertz CT molecular complexity index is 411. The van der Waals surface area contributed by atoms with Gasteiger partial charge in [0.1, 0.15) is 5.75 Å². The number of ketones is 1. The second-order valence-corrected chi connectivity index (χ2v) is 4.61. The van der Waals surface area contributed by atoms with Crippen molar-refractivity contribution in [1.29, 1.82) is 0 Å². The highest BCUT2D eigenvalue weighted by Crippen LogP contribution is 2.24. The molecule has 0 N–H and O–H groups in total. The van der Waals surface area contributed by atoms with Crippen molar-refractivity contribution >= 4 is 5.78 Å². The summed E-state index contributed by atoms with van der Waals surface area (Å²) in [6.07, 6.45) is 0.520. The van der Waals surface area contributed by atoms with Crippen molar-refractivity contribution in [1.82, 2.24) is 4.90 Å². The van der Waals surface area contributed by atoms with Crippen molar-refractivity contribution in [3.8, 4) is 5.75 Å². The number of benzene rings is 1. The molecule has 94 valence electrons. The Kier molecular flexibility index (Phi) is 4.70. The van der Waals surface area contributed by atoms with Crippen LogP contribution in [0.3, 0.4) is 0 Å². The van der Waals surface area contributed by atoms with Crippen LogP contribution in [0.1, 0.15) is 27.9 Å². The van der Waals surface area contributed by atoms with Crippen LogP contribution < -0.4 is 4.74 Å². The summed E-state index contributed by atoms with van der Waals surface area (Å²) in [4.78, 5) is 14.1. The largest absolute Gasteiger partial charge is 0.496 e. The van der Waals surface area contributed by atoms with Gasteiger partial charge in [-0.05, 0) is 51.2 Å². The van der Waals surface area contributed by atoms with E-state index in [1.807, 2.05) is 45.0 Å². The first-order valence-electron chi connectivity index (χ1n) is 5.79. The quantitative estimate of drug-likeness (QED) is 0.734. The van der Waals surface area contributed by atoms with Crippen LogP contribution >= 0.6 is 0 Å². The van der Waals surface area contributed by atoms with E-state index in [1.165, 1.54) is 0 Å². The number of hydrogen-bond acceptors (Lipinski definition) is 3. The van der Waals surface area contributed by atoms with Crippen molar-refractivity contribution in [2.75, 3.05) is 27.7 Å². The molecular weight excluding hydrogens is 214 g/mol. The van der Waals surface area contributed by atoms with Gasteiger partial charge in [-0.25, -0.2) is 0 Å². The number of Topliss-reactive ketones (excluding diaryl/α,β-unsaturated/α-hetero) is 1. The Morgan fingerprint density at radius 3 is 2.35 bits per heavy atom. The lowest BCUT2D eigenvalue weighted by molar-refractivity contribution is 0.0969. The molecule has 0 amide bonds. The number of nitrogens with zero attached hydrogens (tertiary/aromatic N) is 1. The van der Waals surface area contributed by atoms with Crippen LogP contribution in [0.2, 0.25) is 0 Å². The van der Waals surface area contributed by atoms with Crippen molar-refractivity contribution in [2.45, 2.75) is 20.3 Å². The Morgan fingerprint density at radius 1 is 1.24 bits per heavy atom. The fourth-order valence-corrected chi connectivity index (χ4v) is 1.64. The summed E-state index contributed by atoms with van der Waals surface area (Å²) in [7, 11) is 5.53. The fraction of sp³-hybridized carbons (Fsp3) is 0.500. The maximum atomic E-state index is 12.1. The molecule has 0 aliphatic heterocycles. The van der Waals surface area contributed by atoms with Crippen LogP contribution in [0.25, 0.3) is 0 Å². The summed E-state index contributed by atoms with van der Waals surface area (Å²) in [6.45, 7) is 4.79. The van der Waals surface area contributed by atoms with E-state index in [4.69, 9.17) is 4.74 Å². The van der Waals surface area contributed by atoms with Crippen molar-refractivity contribution < 1.29 is 9.53 Å². The molecule has 0 spiro atoms. The number of aryl methyl sites for hydroxylation is 2. The van der Waals surface area contributed by atoms with Crippen LogP contribution in [-0.2, 0) is 0 Å². The lowest BCUT2D eigenvalue weighted by atomic mass is 10.0. The van der Waals surface area contributed by atoms with E-state index in [0.29, 0.717) is 17.7 Å². The SMILES string of the molecule is COc1cc(C)c(C)cc1C(=O)CCN(C)C. The minimum Gasteiger partial charge on any atom is -0.496 e. The number of hydrogen-bond donors (Lipinski definition) is 0. The Balaban J connectivity index is 2.96. The average Bonchev–Trinajstić information content (AvgIpc) is 2.28. The zero-order valence-electron chi connectivity index (χ0n) is 11.3. The molecule has 0 saturated heterocycles. The molecule has 0 fully saturated rings. The summed E-state index contributed by atoms with van der Waals surface area (Å²) >= 11 is 0. The maximum absolute atomic E-state index is 12.1. The lowest BCUT2D eigenvalue weighted by Crippen LogP contribution is -2.17. The number of carbonyl (C=O) groups is 1. The van der Waals surface area contributed by atoms with Crippen LogP contribution in [0.5, 0.6) is 5.75 Å². The van der Waals surface area contributed by atoms with Gasteiger partial charge in [-0.2, -0.15) is 0 Å². The van der Waals surface area contributed by atoms with Crippen LogP contribution in [0.15, 0.2) is 12.1 Å². The normalized spacial score (nSPS) is 10.7. The molecule has 3 heteroatoms. The van der Waals surface area contributed by atoms with Gasteiger partial charge < -0.3 is 9.64 Å². The van der Waals surface area contributed by atoms with E-state index >= 15 is 0 Å². The van der Waals surface area contributed by atoms with Crippen LogP contribution in [-0.4, -0.2) is 38.4 Å². The molecular formula is C14H21NO2. The van der Waals surface area contributed by atoms with E-state index in [9.17, 15) is 4.79 Å². The average molecular weight is 235 g/mol. The van der Waals surface area contributed by atoms with Gasteiger partial charge in [0, 0.05) is 13.0 Å². The predicted octanol–water partition coefficient (Wildman–Crippen LogP) is 2.45. The molecule has 3 nitrogen and oxygen atoms in total. The topological polar surface area (TPSA) is 29.5 Å². The first kappa shape index (κ1) is 13.7. The summed E-state index contributed by atoms with van der Waals surface area (Å²) in [6, 6.07) is 3.85. The molecule has 0 aromatic heterocycles. The molecule has 0 atom stereocenters. The third-order valence-corrected chi connectivity index (χ3v) is 2.90. The zero-order chi connectivity index (χ0) is 13.0. The van der Waals surface area contributed by atoms with E-state index in [0.717, 1.165) is 17.7 Å². The van der Waals surface area contributed by atoms with Crippen LogP contribution in [0, 0.1) is 13.8 Å². The van der Waals surface area contributed by atoms with E-state index in [2.05, 4.69) is 0 Å². The van der Waals surface area contributed by atoms with Crippen molar-refractivity contribution in [3.63, 3.8) is 0 Å². The number of rotatable bonds is 5. The Hall–Kier alpha value is -1.35. The first-order valence-corrected chi connectivity index (χ1v) is 5.79. The molecule has 0 unspecified atom stereocenters. The van der Waals surface area contributed by atoms with Crippen LogP contribution in [0.4, 0.5) is 0 Å². The molecule has 0 radical (unpaired) electrons. The molecule has 0 saturated carbocycles. The van der Waals surface area contributed by atoms with Gasteiger partial charge in [0.2, 0.25) is 0 Å². The molecule has 0 bridgehead atoms. The summed E-state index contributed by atoms with van der Waals surface area (Å²) in [5.41, 5.74) is 2.96. The highest BCUT2D eigenvalue weighted by molar-refractivity contribution is 5.99. The highest BCUT2D eigenvalue weighted by Gasteiger charge is 2.13. The van der Waals surface area contributed by atoms with E-state index < -0.39 is 0 Å². The van der Waals surface area contributed by atoms with Gasteiger partial charge in [0.25, 0.3) is 0 Å².